The van der Waals surface area contributed by atoms with Gasteiger partial charge in [-0.1, -0.05) is 12.8 Å². The topological polar surface area (TPSA) is 46.5 Å². The van der Waals surface area contributed by atoms with Crippen LogP contribution in [-0.4, -0.2) is 19.7 Å². The zero-order valence-corrected chi connectivity index (χ0v) is 11.6. The van der Waals surface area contributed by atoms with Crippen molar-refractivity contribution < 1.29 is 0 Å². The molecule has 3 aromatic heterocycles. The van der Waals surface area contributed by atoms with E-state index in [-0.39, 0.29) is 0 Å². The highest BCUT2D eigenvalue weighted by Gasteiger charge is 2.18. The molecule has 4 rings (SSSR count). The summed E-state index contributed by atoms with van der Waals surface area (Å²) < 4.78 is 1.88. The number of aromatic amines is 1. The lowest BCUT2D eigenvalue weighted by atomic mass is 9.99. The molecule has 0 aromatic carbocycles. The van der Waals surface area contributed by atoms with Gasteiger partial charge in [0.25, 0.3) is 0 Å². The number of hydrogen-bond donors (Lipinski definition) is 1. The van der Waals surface area contributed by atoms with Gasteiger partial charge in [-0.2, -0.15) is 5.10 Å². The molecule has 0 atom stereocenters. The quantitative estimate of drug-likeness (QED) is 0.770. The van der Waals surface area contributed by atoms with E-state index in [1.165, 1.54) is 36.6 Å². The van der Waals surface area contributed by atoms with Crippen LogP contribution in [0.2, 0.25) is 0 Å². The summed E-state index contributed by atoms with van der Waals surface area (Å²) in [6.45, 7) is 0. The Balaban J connectivity index is 1.77. The van der Waals surface area contributed by atoms with Gasteiger partial charge in [0.15, 0.2) is 0 Å². The van der Waals surface area contributed by atoms with Crippen LogP contribution in [0.4, 0.5) is 0 Å². The molecule has 20 heavy (non-hydrogen) atoms. The van der Waals surface area contributed by atoms with Crippen LogP contribution in [-0.2, 0) is 7.05 Å². The maximum Gasteiger partial charge on any atom is 0.137 e. The van der Waals surface area contributed by atoms with Crippen molar-refractivity contribution in [1.82, 2.24) is 19.7 Å². The first-order valence-corrected chi connectivity index (χ1v) is 7.28. The van der Waals surface area contributed by atoms with Crippen LogP contribution >= 0.6 is 0 Å². The Kier molecular flexibility index (Phi) is 2.62. The Morgan fingerprint density at radius 3 is 2.85 bits per heavy atom. The number of aromatic nitrogens is 4. The smallest absolute Gasteiger partial charge is 0.137 e. The van der Waals surface area contributed by atoms with Crippen LogP contribution in [0, 0.1) is 0 Å². The van der Waals surface area contributed by atoms with E-state index in [1.54, 1.807) is 0 Å². The van der Waals surface area contributed by atoms with E-state index in [0.29, 0.717) is 5.92 Å². The first kappa shape index (κ1) is 11.7. The van der Waals surface area contributed by atoms with E-state index < -0.39 is 0 Å². The molecule has 1 saturated carbocycles. The Morgan fingerprint density at radius 2 is 2.10 bits per heavy atom. The Labute approximate surface area is 117 Å². The van der Waals surface area contributed by atoms with Gasteiger partial charge in [-0.3, -0.25) is 4.68 Å². The van der Waals surface area contributed by atoms with Gasteiger partial charge in [-0.15, -0.1) is 0 Å². The van der Waals surface area contributed by atoms with Gasteiger partial charge >= 0.3 is 0 Å². The van der Waals surface area contributed by atoms with Crippen LogP contribution in [0.3, 0.4) is 0 Å². The summed E-state index contributed by atoms with van der Waals surface area (Å²) in [6.07, 6.45) is 9.20. The molecule has 102 valence electrons. The molecular formula is C16H18N4. The lowest BCUT2D eigenvalue weighted by Gasteiger charge is -2.08. The molecule has 1 aliphatic rings. The Bertz CT molecular complexity index is 747. The highest BCUT2D eigenvalue weighted by Crippen LogP contribution is 2.35. The standard InChI is InChI=1S/C16H18N4/c1-20-15(6-7-18-20)14-9-12-8-13(10-17-16(12)19-14)11-4-2-3-5-11/h6-11H,2-5H2,1H3,(H,17,19). The molecule has 3 aromatic rings. The second-order valence-electron chi connectivity index (χ2n) is 5.71. The molecule has 0 radical (unpaired) electrons. The molecule has 0 spiro atoms. The maximum atomic E-state index is 4.60. The minimum atomic E-state index is 0.710. The molecule has 0 saturated heterocycles. The van der Waals surface area contributed by atoms with E-state index >= 15 is 0 Å². The van der Waals surface area contributed by atoms with Crippen LogP contribution in [0.15, 0.2) is 30.6 Å². The SMILES string of the molecule is Cn1nccc1-c1cc2cc(C3CCCC3)cnc2[nH]1. The summed E-state index contributed by atoms with van der Waals surface area (Å²) in [5, 5.41) is 5.42. The van der Waals surface area contributed by atoms with E-state index in [2.05, 4.69) is 27.2 Å². The van der Waals surface area contributed by atoms with Gasteiger partial charge < -0.3 is 4.98 Å². The second-order valence-corrected chi connectivity index (χ2v) is 5.71. The molecule has 1 fully saturated rings. The van der Waals surface area contributed by atoms with Crippen molar-refractivity contribution in [2.24, 2.45) is 7.05 Å². The molecule has 0 unspecified atom stereocenters. The normalized spacial score (nSPS) is 16.2. The Morgan fingerprint density at radius 1 is 1.25 bits per heavy atom. The molecule has 4 heteroatoms. The van der Waals surface area contributed by atoms with Crippen molar-refractivity contribution >= 4 is 11.0 Å². The summed E-state index contributed by atoms with van der Waals surface area (Å²) in [6, 6.07) is 6.50. The van der Waals surface area contributed by atoms with Gasteiger partial charge in [0.05, 0.1) is 11.4 Å². The summed E-state index contributed by atoms with van der Waals surface area (Å²) in [4.78, 5) is 7.99. The van der Waals surface area contributed by atoms with Crippen molar-refractivity contribution in [3.05, 3.63) is 36.2 Å². The van der Waals surface area contributed by atoms with Crippen molar-refractivity contribution in [3.63, 3.8) is 0 Å². The first-order chi connectivity index (χ1) is 9.81. The predicted molar refractivity (Wildman–Crippen MR) is 79.5 cm³/mol. The fourth-order valence-corrected chi connectivity index (χ4v) is 3.29. The highest BCUT2D eigenvalue weighted by molar-refractivity contribution is 5.82. The lowest BCUT2D eigenvalue weighted by Crippen LogP contribution is -1.93. The largest absolute Gasteiger partial charge is 0.338 e. The van der Waals surface area contributed by atoms with Crippen LogP contribution in [0.5, 0.6) is 0 Å². The Hall–Kier alpha value is -2.10. The molecule has 3 heterocycles. The molecular weight excluding hydrogens is 248 g/mol. The zero-order valence-electron chi connectivity index (χ0n) is 11.6. The average Bonchev–Trinajstić information content (AvgIpc) is 3.17. The molecule has 1 N–H and O–H groups in total. The third-order valence-corrected chi connectivity index (χ3v) is 4.41. The number of pyridine rings is 1. The fraction of sp³-hybridized carbons (Fsp3) is 0.375. The number of H-pyrrole nitrogens is 1. The minimum absolute atomic E-state index is 0.710. The lowest BCUT2D eigenvalue weighted by molar-refractivity contribution is 0.721. The maximum absolute atomic E-state index is 4.60. The van der Waals surface area contributed by atoms with Crippen molar-refractivity contribution in [1.29, 1.82) is 0 Å². The summed E-state index contributed by atoms with van der Waals surface area (Å²) in [5.74, 6) is 0.710. The van der Waals surface area contributed by atoms with Gasteiger partial charge in [0.1, 0.15) is 5.65 Å². The summed E-state index contributed by atoms with van der Waals surface area (Å²) >= 11 is 0. The molecule has 0 aliphatic heterocycles. The third-order valence-electron chi connectivity index (χ3n) is 4.41. The zero-order chi connectivity index (χ0) is 13.5. The fourth-order valence-electron chi connectivity index (χ4n) is 3.29. The predicted octanol–water partition coefficient (Wildman–Crippen LogP) is 3.62. The van der Waals surface area contributed by atoms with E-state index in [1.807, 2.05) is 30.2 Å². The number of aryl methyl sites for hydroxylation is 1. The van der Waals surface area contributed by atoms with Crippen molar-refractivity contribution in [2.75, 3.05) is 0 Å². The second kappa shape index (κ2) is 4.47. The summed E-state index contributed by atoms with van der Waals surface area (Å²) in [5.41, 5.74) is 4.52. The van der Waals surface area contributed by atoms with Gasteiger partial charge in [0, 0.05) is 24.8 Å². The minimum Gasteiger partial charge on any atom is -0.338 e. The first-order valence-electron chi connectivity index (χ1n) is 7.28. The van der Waals surface area contributed by atoms with Crippen LogP contribution < -0.4 is 0 Å². The molecule has 1 aliphatic carbocycles. The summed E-state index contributed by atoms with van der Waals surface area (Å²) in [7, 11) is 1.96. The van der Waals surface area contributed by atoms with Crippen molar-refractivity contribution in [3.8, 4) is 11.4 Å². The molecule has 4 nitrogen and oxygen atoms in total. The van der Waals surface area contributed by atoms with Crippen LogP contribution in [0.1, 0.15) is 37.2 Å². The van der Waals surface area contributed by atoms with E-state index in [9.17, 15) is 0 Å². The molecule has 0 bridgehead atoms. The average molecular weight is 266 g/mol. The van der Waals surface area contributed by atoms with Crippen molar-refractivity contribution in [2.45, 2.75) is 31.6 Å². The van der Waals surface area contributed by atoms with Gasteiger partial charge in [-0.25, -0.2) is 4.98 Å². The third kappa shape index (κ3) is 1.83. The molecule has 0 amide bonds. The number of nitrogens with one attached hydrogen (secondary N) is 1. The van der Waals surface area contributed by atoms with E-state index in [0.717, 1.165) is 17.0 Å². The number of rotatable bonds is 2. The monoisotopic (exact) mass is 266 g/mol. The number of hydrogen-bond acceptors (Lipinski definition) is 2. The highest BCUT2D eigenvalue weighted by atomic mass is 15.3. The van der Waals surface area contributed by atoms with Crippen LogP contribution in [0.25, 0.3) is 22.4 Å². The van der Waals surface area contributed by atoms with E-state index in [4.69, 9.17) is 0 Å². The number of fused-ring (bicyclic) bond motifs is 1. The van der Waals surface area contributed by atoms with Gasteiger partial charge in [-0.05, 0) is 42.5 Å². The van der Waals surface area contributed by atoms with Gasteiger partial charge in [0.2, 0.25) is 0 Å². The number of nitrogens with zero attached hydrogens (tertiary/aromatic N) is 3.